The zero-order valence-corrected chi connectivity index (χ0v) is 9.10. The molecule has 0 amide bonds. The van der Waals surface area contributed by atoms with E-state index in [1.807, 2.05) is 13.8 Å². The van der Waals surface area contributed by atoms with E-state index >= 15 is 0 Å². The van der Waals surface area contributed by atoms with Crippen molar-refractivity contribution in [2.75, 3.05) is 0 Å². The normalized spacial score (nSPS) is 8.50. The van der Waals surface area contributed by atoms with Crippen molar-refractivity contribution in [3.8, 4) is 0 Å². The van der Waals surface area contributed by atoms with Crippen molar-refractivity contribution in [1.29, 1.82) is 0 Å². The molecular weight excluding hydrogens is 200 g/mol. The van der Waals surface area contributed by atoms with Gasteiger partial charge in [0.1, 0.15) is 5.76 Å². The van der Waals surface area contributed by atoms with Crippen molar-refractivity contribution < 1.29 is 9.21 Å². The average Bonchev–Trinajstić information content (AvgIpc) is 2.63. The van der Waals surface area contributed by atoms with Gasteiger partial charge in [0.15, 0.2) is 5.76 Å². The molecular formula is C11H13ClO2. The second kappa shape index (κ2) is 6.22. The Bertz CT molecular complexity index is 312. The van der Waals surface area contributed by atoms with E-state index in [1.54, 1.807) is 6.08 Å². The maximum Gasteiger partial charge on any atom is 0.287 e. The summed E-state index contributed by atoms with van der Waals surface area (Å²) in [5.41, 5.74) is 0.717. The van der Waals surface area contributed by atoms with Crippen LogP contribution >= 0.6 is 11.6 Å². The van der Waals surface area contributed by atoms with Crippen LogP contribution in [0.15, 0.2) is 23.6 Å². The first-order chi connectivity index (χ1) is 6.69. The first kappa shape index (κ1) is 12.7. The highest BCUT2D eigenvalue weighted by Gasteiger charge is 2.10. The quantitative estimate of drug-likeness (QED) is 0.710. The van der Waals surface area contributed by atoms with Gasteiger partial charge in [-0.15, -0.1) is 0 Å². The topological polar surface area (TPSA) is 30.2 Å². The maximum atomic E-state index is 10.6. The molecule has 1 heterocycles. The van der Waals surface area contributed by atoms with Gasteiger partial charge in [-0.2, -0.15) is 0 Å². The third-order valence-corrected chi connectivity index (χ3v) is 1.58. The van der Waals surface area contributed by atoms with Crippen LogP contribution in [0.3, 0.4) is 0 Å². The Kier molecular flexibility index (Phi) is 5.65. The lowest BCUT2D eigenvalue weighted by molar-refractivity contribution is 0.105. The minimum Gasteiger partial charge on any atom is -0.452 e. The summed E-state index contributed by atoms with van der Waals surface area (Å²) in [6, 6.07) is 1.53. The third-order valence-electron chi connectivity index (χ3n) is 1.39. The predicted molar refractivity (Wildman–Crippen MR) is 60.4 cm³/mol. The Morgan fingerprint density at radius 1 is 1.43 bits per heavy atom. The van der Waals surface area contributed by atoms with Crippen molar-refractivity contribution in [3.63, 3.8) is 0 Å². The Balaban J connectivity index is 0.000000791. The second-order valence-electron chi connectivity index (χ2n) is 2.11. The fraction of sp³-hybridized carbons (Fsp3) is 0.182. The fourth-order valence-corrected chi connectivity index (χ4v) is 0.928. The second-order valence-corrected chi connectivity index (χ2v) is 2.46. The average molecular weight is 213 g/mol. The third kappa shape index (κ3) is 2.89. The van der Waals surface area contributed by atoms with E-state index in [-0.39, 0.29) is 5.76 Å². The maximum absolute atomic E-state index is 10.6. The Morgan fingerprint density at radius 3 is 2.29 bits per heavy atom. The van der Waals surface area contributed by atoms with Gasteiger partial charge in [-0.1, -0.05) is 33.1 Å². The van der Waals surface area contributed by atoms with E-state index in [2.05, 4.69) is 13.2 Å². The van der Waals surface area contributed by atoms with E-state index < -0.39 is 5.24 Å². The number of hydrogen-bond acceptors (Lipinski definition) is 2. The van der Waals surface area contributed by atoms with E-state index in [0.29, 0.717) is 11.3 Å². The highest BCUT2D eigenvalue weighted by molar-refractivity contribution is 6.67. The van der Waals surface area contributed by atoms with Gasteiger partial charge < -0.3 is 4.42 Å². The molecule has 1 rings (SSSR count). The van der Waals surface area contributed by atoms with Gasteiger partial charge in [-0.25, -0.2) is 0 Å². The Hall–Kier alpha value is -1.28. The van der Waals surface area contributed by atoms with Crippen LogP contribution in [0.25, 0.3) is 12.2 Å². The molecule has 0 aliphatic rings. The molecule has 0 saturated heterocycles. The molecule has 1 aromatic heterocycles. The molecule has 14 heavy (non-hydrogen) atoms. The molecule has 0 aliphatic carbocycles. The van der Waals surface area contributed by atoms with Crippen molar-refractivity contribution >= 4 is 29.0 Å². The largest absolute Gasteiger partial charge is 0.452 e. The predicted octanol–water partition coefficient (Wildman–Crippen LogP) is 3.97. The summed E-state index contributed by atoms with van der Waals surface area (Å²) < 4.78 is 5.05. The van der Waals surface area contributed by atoms with Crippen LogP contribution in [0, 0.1) is 0 Å². The molecule has 3 heteroatoms. The standard InChI is InChI=1S/C9H7ClO2.C2H6/c1-3-6-5-8(9(10)11)12-7(6)4-2;1-2/h3-5H,1-2H2;1-2H3. The molecule has 0 saturated carbocycles. The molecule has 0 N–H and O–H groups in total. The van der Waals surface area contributed by atoms with E-state index in [0.717, 1.165) is 0 Å². The smallest absolute Gasteiger partial charge is 0.287 e. The molecule has 0 atom stereocenters. The molecule has 0 fully saturated rings. The lowest BCUT2D eigenvalue weighted by Crippen LogP contribution is -1.81. The fourth-order valence-electron chi connectivity index (χ4n) is 0.835. The first-order valence-electron chi connectivity index (χ1n) is 4.27. The molecule has 0 aromatic carbocycles. The number of carbonyl (C=O) groups is 1. The number of halogens is 1. The highest BCUT2D eigenvalue weighted by Crippen LogP contribution is 2.18. The van der Waals surface area contributed by atoms with E-state index in [1.165, 1.54) is 12.1 Å². The summed E-state index contributed by atoms with van der Waals surface area (Å²) >= 11 is 5.20. The van der Waals surface area contributed by atoms with Crippen LogP contribution in [-0.2, 0) is 0 Å². The van der Waals surface area contributed by atoms with Gasteiger partial charge in [-0.05, 0) is 23.7 Å². The SMILES string of the molecule is C=Cc1cc(C(=O)Cl)oc1C=C.CC. The molecule has 76 valence electrons. The summed E-state index contributed by atoms with van der Waals surface area (Å²) in [4.78, 5) is 10.6. The van der Waals surface area contributed by atoms with Gasteiger partial charge in [0, 0.05) is 5.56 Å². The zero-order valence-electron chi connectivity index (χ0n) is 8.34. The molecule has 0 radical (unpaired) electrons. The summed E-state index contributed by atoms with van der Waals surface area (Å²) in [6.45, 7) is 11.1. The van der Waals surface area contributed by atoms with Gasteiger partial charge in [-0.3, -0.25) is 4.79 Å². The van der Waals surface area contributed by atoms with Crippen molar-refractivity contribution in [2.24, 2.45) is 0 Å². The molecule has 1 aromatic rings. The van der Waals surface area contributed by atoms with Crippen LogP contribution in [-0.4, -0.2) is 5.24 Å². The zero-order chi connectivity index (χ0) is 11.1. The Labute approximate surface area is 88.9 Å². The lowest BCUT2D eigenvalue weighted by Gasteiger charge is -1.85. The molecule has 0 spiro atoms. The molecule has 2 nitrogen and oxygen atoms in total. The lowest BCUT2D eigenvalue weighted by atomic mass is 10.2. The molecule has 0 bridgehead atoms. The summed E-state index contributed by atoms with van der Waals surface area (Å²) in [6.07, 6.45) is 3.07. The van der Waals surface area contributed by atoms with Crippen LogP contribution in [0.2, 0.25) is 0 Å². The van der Waals surface area contributed by atoms with Gasteiger partial charge >= 0.3 is 0 Å². The summed E-state index contributed by atoms with van der Waals surface area (Å²) in [5, 5.41) is -0.619. The monoisotopic (exact) mass is 212 g/mol. The first-order valence-corrected chi connectivity index (χ1v) is 4.65. The van der Waals surface area contributed by atoms with Crippen molar-refractivity contribution in [2.45, 2.75) is 13.8 Å². The number of furan rings is 1. The van der Waals surface area contributed by atoms with E-state index in [4.69, 9.17) is 16.0 Å². The minimum absolute atomic E-state index is 0.112. The summed E-state index contributed by atoms with van der Waals surface area (Å²) in [5.74, 6) is 0.621. The van der Waals surface area contributed by atoms with Crippen LogP contribution in [0.4, 0.5) is 0 Å². The number of rotatable bonds is 3. The Morgan fingerprint density at radius 2 is 2.00 bits per heavy atom. The van der Waals surface area contributed by atoms with Crippen LogP contribution < -0.4 is 0 Å². The van der Waals surface area contributed by atoms with Crippen LogP contribution in [0.5, 0.6) is 0 Å². The van der Waals surface area contributed by atoms with Gasteiger partial charge in [0.25, 0.3) is 5.24 Å². The summed E-state index contributed by atoms with van der Waals surface area (Å²) in [7, 11) is 0. The molecule has 0 aliphatic heterocycles. The van der Waals surface area contributed by atoms with Crippen LogP contribution in [0.1, 0.15) is 35.7 Å². The van der Waals surface area contributed by atoms with Gasteiger partial charge in [0.05, 0.1) is 0 Å². The minimum atomic E-state index is -0.619. The van der Waals surface area contributed by atoms with Crippen molar-refractivity contribution in [1.82, 2.24) is 0 Å². The van der Waals surface area contributed by atoms with E-state index in [9.17, 15) is 4.79 Å². The van der Waals surface area contributed by atoms with Crippen molar-refractivity contribution in [3.05, 3.63) is 36.3 Å². The number of carbonyl (C=O) groups excluding carboxylic acids is 1. The molecule has 0 unspecified atom stereocenters. The highest BCUT2D eigenvalue weighted by atomic mass is 35.5. The number of hydrogen-bond donors (Lipinski definition) is 0. The van der Waals surface area contributed by atoms with Gasteiger partial charge in [0.2, 0.25) is 0 Å².